The highest BCUT2D eigenvalue weighted by Crippen LogP contribution is 2.56. The fraction of sp³-hybridized carbons (Fsp3) is 1.00. The maximum absolute atomic E-state index is 6.31. The van der Waals surface area contributed by atoms with Crippen LogP contribution in [-0.4, -0.2) is 12.1 Å². The predicted molar refractivity (Wildman–Crippen MR) is 99.0 cm³/mol. The van der Waals surface area contributed by atoms with Crippen molar-refractivity contribution in [3.8, 4) is 0 Å². The Labute approximate surface area is 144 Å². The maximum Gasteiger partial charge on any atom is 0.00647 e. The van der Waals surface area contributed by atoms with Gasteiger partial charge in [-0.2, -0.15) is 0 Å². The molecule has 3 rings (SSSR count). The highest BCUT2D eigenvalue weighted by atomic mass is 14.7. The van der Waals surface area contributed by atoms with E-state index in [4.69, 9.17) is 11.5 Å². The minimum atomic E-state index is 0.449. The molecule has 0 aromatic carbocycles. The zero-order valence-corrected chi connectivity index (χ0v) is 15.8. The standard InChI is InChI=1S/C21H40N2/c1-14-12-16(7-9-19(14)22)18-6-4-5-11-21(18,3)17-8-10-20(23)15(2)13-17/h14-20H,4-13,22-23H2,1-3H3. The molecule has 2 nitrogen and oxygen atoms in total. The second-order valence-electron chi connectivity index (χ2n) is 9.72. The summed E-state index contributed by atoms with van der Waals surface area (Å²) in [5.74, 6) is 4.22. The fourth-order valence-corrected chi connectivity index (χ4v) is 6.51. The van der Waals surface area contributed by atoms with E-state index >= 15 is 0 Å². The number of nitrogens with two attached hydrogens (primary N) is 2. The van der Waals surface area contributed by atoms with Crippen LogP contribution in [0, 0.1) is 35.0 Å². The molecule has 8 unspecified atom stereocenters. The molecular weight excluding hydrogens is 280 g/mol. The van der Waals surface area contributed by atoms with Gasteiger partial charge in [-0.3, -0.25) is 0 Å². The van der Waals surface area contributed by atoms with Gasteiger partial charge in [0.15, 0.2) is 0 Å². The molecule has 0 aromatic heterocycles. The first-order valence-electron chi connectivity index (χ1n) is 10.4. The van der Waals surface area contributed by atoms with E-state index in [9.17, 15) is 0 Å². The van der Waals surface area contributed by atoms with Crippen LogP contribution in [0.2, 0.25) is 0 Å². The fourth-order valence-electron chi connectivity index (χ4n) is 6.51. The molecule has 0 heterocycles. The topological polar surface area (TPSA) is 52.0 Å². The van der Waals surface area contributed by atoms with Crippen LogP contribution in [0.5, 0.6) is 0 Å². The molecule has 3 aliphatic carbocycles. The van der Waals surface area contributed by atoms with Gasteiger partial charge in [0.2, 0.25) is 0 Å². The Hall–Kier alpha value is -0.0800. The normalized spacial score (nSPS) is 52.3. The lowest BCUT2D eigenvalue weighted by Gasteiger charge is -2.54. The van der Waals surface area contributed by atoms with Crippen molar-refractivity contribution in [2.75, 3.05) is 0 Å². The van der Waals surface area contributed by atoms with Crippen LogP contribution >= 0.6 is 0 Å². The van der Waals surface area contributed by atoms with Gasteiger partial charge in [0.25, 0.3) is 0 Å². The summed E-state index contributed by atoms with van der Waals surface area (Å²) < 4.78 is 0. The molecular formula is C21H40N2. The smallest absolute Gasteiger partial charge is 0.00647 e. The molecule has 0 aliphatic heterocycles. The summed E-state index contributed by atoms with van der Waals surface area (Å²) in [7, 11) is 0. The highest BCUT2D eigenvalue weighted by molar-refractivity contribution is 4.99. The van der Waals surface area contributed by atoms with Gasteiger partial charge in [0.1, 0.15) is 0 Å². The maximum atomic E-state index is 6.31. The Bertz CT molecular complexity index is 395. The van der Waals surface area contributed by atoms with Crippen LogP contribution in [0.25, 0.3) is 0 Å². The molecule has 134 valence electrons. The zero-order valence-electron chi connectivity index (χ0n) is 15.8. The molecule has 0 aromatic rings. The quantitative estimate of drug-likeness (QED) is 0.774. The summed E-state index contributed by atoms with van der Waals surface area (Å²) in [5.41, 5.74) is 13.2. The van der Waals surface area contributed by atoms with Crippen molar-refractivity contribution in [2.45, 2.75) is 97.1 Å². The van der Waals surface area contributed by atoms with E-state index in [1.54, 1.807) is 0 Å². The van der Waals surface area contributed by atoms with Crippen molar-refractivity contribution in [1.29, 1.82) is 0 Å². The van der Waals surface area contributed by atoms with Gasteiger partial charge >= 0.3 is 0 Å². The zero-order chi connectivity index (χ0) is 16.6. The Morgan fingerprint density at radius 2 is 1.43 bits per heavy atom. The molecule has 8 atom stereocenters. The first-order valence-corrected chi connectivity index (χ1v) is 10.4. The molecule has 4 N–H and O–H groups in total. The van der Waals surface area contributed by atoms with Crippen LogP contribution in [0.3, 0.4) is 0 Å². The summed E-state index contributed by atoms with van der Waals surface area (Å²) in [6.07, 6.45) is 13.9. The van der Waals surface area contributed by atoms with Gasteiger partial charge in [0.05, 0.1) is 0 Å². The summed E-state index contributed by atoms with van der Waals surface area (Å²) in [5, 5.41) is 0. The lowest BCUT2D eigenvalue weighted by molar-refractivity contribution is -0.0347. The van der Waals surface area contributed by atoms with E-state index in [2.05, 4.69) is 20.8 Å². The van der Waals surface area contributed by atoms with Crippen LogP contribution in [0.15, 0.2) is 0 Å². The van der Waals surface area contributed by atoms with Gasteiger partial charge in [-0.25, -0.2) is 0 Å². The molecule has 0 amide bonds. The average molecular weight is 321 g/mol. The SMILES string of the molecule is CC1CC(C2CCCCC2(C)C2CCC(N)C(C)C2)CCC1N. The third kappa shape index (κ3) is 3.49. The van der Waals surface area contributed by atoms with Gasteiger partial charge in [-0.05, 0) is 86.4 Å². The van der Waals surface area contributed by atoms with Crippen LogP contribution in [0.4, 0.5) is 0 Å². The summed E-state index contributed by atoms with van der Waals surface area (Å²) >= 11 is 0. The molecule has 0 saturated heterocycles. The summed E-state index contributed by atoms with van der Waals surface area (Å²) in [6, 6.07) is 0.901. The molecule has 3 saturated carbocycles. The first-order chi connectivity index (χ1) is 10.9. The van der Waals surface area contributed by atoms with E-state index in [1.165, 1.54) is 64.2 Å². The van der Waals surface area contributed by atoms with Crippen LogP contribution < -0.4 is 11.5 Å². The second kappa shape index (κ2) is 7.04. The van der Waals surface area contributed by atoms with Crippen molar-refractivity contribution < 1.29 is 0 Å². The van der Waals surface area contributed by atoms with E-state index in [-0.39, 0.29) is 0 Å². The van der Waals surface area contributed by atoms with E-state index in [0.717, 1.165) is 23.7 Å². The minimum Gasteiger partial charge on any atom is -0.327 e. The van der Waals surface area contributed by atoms with Gasteiger partial charge in [-0.15, -0.1) is 0 Å². The van der Waals surface area contributed by atoms with Crippen molar-refractivity contribution in [1.82, 2.24) is 0 Å². The van der Waals surface area contributed by atoms with Gasteiger partial charge in [0, 0.05) is 12.1 Å². The third-order valence-electron chi connectivity index (χ3n) is 8.34. The lowest BCUT2D eigenvalue weighted by Crippen LogP contribution is -2.48. The molecule has 0 bridgehead atoms. The van der Waals surface area contributed by atoms with E-state index < -0.39 is 0 Å². The monoisotopic (exact) mass is 320 g/mol. The van der Waals surface area contributed by atoms with Crippen LogP contribution in [-0.2, 0) is 0 Å². The molecule has 3 aliphatic rings. The largest absolute Gasteiger partial charge is 0.327 e. The number of rotatable bonds is 2. The van der Waals surface area contributed by atoms with Crippen molar-refractivity contribution in [3.63, 3.8) is 0 Å². The average Bonchev–Trinajstić information content (AvgIpc) is 2.53. The third-order valence-corrected chi connectivity index (χ3v) is 8.34. The second-order valence-corrected chi connectivity index (χ2v) is 9.72. The molecule has 23 heavy (non-hydrogen) atoms. The van der Waals surface area contributed by atoms with Gasteiger partial charge in [-0.1, -0.05) is 33.6 Å². The Kier molecular flexibility index (Phi) is 5.43. The Morgan fingerprint density at radius 3 is 2.09 bits per heavy atom. The van der Waals surface area contributed by atoms with Crippen molar-refractivity contribution >= 4 is 0 Å². The van der Waals surface area contributed by atoms with Crippen molar-refractivity contribution in [2.24, 2.45) is 46.5 Å². The predicted octanol–water partition coefficient (Wildman–Crippen LogP) is 4.71. The number of hydrogen-bond donors (Lipinski definition) is 2. The number of hydrogen-bond acceptors (Lipinski definition) is 2. The Balaban J connectivity index is 1.75. The molecule has 3 fully saturated rings. The van der Waals surface area contributed by atoms with E-state index in [1.807, 2.05) is 0 Å². The first kappa shape index (κ1) is 17.7. The minimum absolute atomic E-state index is 0.449. The van der Waals surface area contributed by atoms with Crippen LogP contribution in [0.1, 0.15) is 85.0 Å². The lowest BCUT2D eigenvalue weighted by atomic mass is 9.52. The molecule has 0 spiro atoms. The summed E-state index contributed by atoms with van der Waals surface area (Å²) in [4.78, 5) is 0. The summed E-state index contributed by atoms with van der Waals surface area (Å²) in [6.45, 7) is 7.43. The van der Waals surface area contributed by atoms with Gasteiger partial charge < -0.3 is 11.5 Å². The van der Waals surface area contributed by atoms with Crippen molar-refractivity contribution in [3.05, 3.63) is 0 Å². The molecule has 2 heteroatoms. The Morgan fingerprint density at radius 1 is 0.783 bits per heavy atom. The van der Waals surface area contributed by atoms with E-state index in [0.29, 0.717) is 23.4 Å². The molecule has 0 radical (unpaired) electrons. The highest BCUT2D eigenvalue weighted by Gasteiger charge is 2.48.